The number of piperidine rings is 1. The topological polar surface area (TPSA) is 62.7 Å². The fourth-order valence-corrected chi connectivity index (χ4v) is 4.75. The Morgan fingerprint density at radius 3 is 2.30 bits per heavy atom. The Hall–Kier alpha value is -1.92. The fourth-order valence-electron chi connectivity index (χ4n) is 4.19. The van der Waals surface area contributed by atoms with Crippen molar-refractivity contribution in [2.24, 2.45) is 0 Å². The van der Waals surface area contributed by atoms with Crippen molar-refractivity contribution in [3.05, 3.63) is 57.3 Å². The number of pyridine rings is 1. The zero-order chi connectivity index (χ0) is 22.1. The molecular formula is C24H31BrN2O3. The van der Waals surface area contributed by atoms with Gasteiger partial charge in [0.1, 0.15) is 0 Å². The number of carboxylic acids is 1. The molecule has 5 nitrogen and oxygen atoms in total. The number of aromatic nitrogens is 1. The summed E-state index contributed by atoms with van der Waals surface area (Å²) in [5.41, 5.74) is 3.89. The summed E-state index contributed by atoms with van der Waals surface area (Å²) in [5.74, 6) is -0.471. The van der Waals surface area contributed by atoms with Crippen molar-refractivity contribution in [3.63, 3.8) is 0 Å². The number of benzene rings is 1. The van der Waals surface area contributed by atoms with Crippen LogP contribution in [0, 0.1) is 13.8 Å². The van der Waals surface area contributed by atoms with E-state index in [2.05, 4.69) is 50.1 Å². The normalized spacial score (nSPS) is 16.5. The van der Waals surface area contributed by atoms with E-state index in [1.54, 1.807) is 0 Å². The maximum Gasteiger partial charge on any atom is 0.337 e. The van der Waals surface area contributed by atoms with Crippen LogP contribution < -0.4 is 4.90 Å². The Labute approximate surface area is 187 Å². The van der Waals surface area contributed by atoms with E-state index < -0.39 is 17.7 Å². The molecule has 1 aliphatic rings. The number of carbonyl (C=O) groups is 1. The number of aliphatic carboxylic acids is 1. The molecule has 1 aromatic carbocycles. The molecule has 162 valence electrons. The van der Waals surface area contributed by atoms with Gasteiger partial charge in [-0.05, 0) is 74.9 Å². The molecule has 1 aliphatic heterocycles. The molecule has 0 saturated carbocycles. The van der Waals surface area contributed by atoms with E-state index in [0.29, 0.717) is 17.2 Å². The number of halogens is 1. The predicted molar refractivity (Wildman–Crippen MR) is 123 cm³/mol. The van der Waals surface area contributed by atoms with Gasteiger partial charge in [0.2, 0.25) is 0 Å². The van der Waals surface area contributed by atoms with Gasteiger partial charge in [0.25, 0.3) is 0 Å². The van der Waals surface area contributed by atoms with Crippen molar-refractivity contribution in [2.75, 3.05) is 18.0 Å². The van der Waals surface area contributed by atoms with E-state index in [1.807, 2.05) is 40.7 Å². The third-order valence-corrected chi connectivity index (χ3v) is 6.50. The molecule has 30 heavy (non-hydrogen) atoms. The van der Waals surface area contributed by atoms with Crippen molar-refractivity contribution < 1.29 is 14.6 Å². The van der Waals surface area contributed by atoms with Gasteiger partial charge in [-0.1, -0.05) is 30.3 Å². The first-order valence-electron chi connectivity index (χ1n) is 10.5. The minimum atomic E-state index is -1.07. The molecule has 1 unspecified atom stereocenters. The summed E-state index contributed by atoms with van der Waals surface area (Å²) in [7, 11) is 0. The number of aryl methyl sites for hydroxylation is 2. The zero-order valence-electron chi connectivity index (χ0n) is 18.4. The molecule has 1 fully saturated rings. The van der Waals surface area contributed by atoms with Crippen LogP contribution in [0.15, 0.2) is 34.8 Å². The molecule has 0 spiro atoms. The molecule has 1 N–H and O–H groups in total. The second-order valence-electron chi connectivity index (χ2n) is 8.98. The highest BCUT2D eigenvalue weighted by atomic mass is 79.9. The monoisotopic (exact) mass is 474 g/mol. The van der Waals surface area contributed by atoms with Crippen LogP contribution in [0.2, 0.25) is 0 Å². The minimum Gasteiger partial charge on any atom is -0.479 e. The van der Waals surface area contributed by atoms with Crippen molar-refractivity contribution in [2.45, 2.75) is 65.1 Å². The Bertz CT molecular complexity index is 901. The number of anilines is 1. The van der Waals surface area contributed by atoms with Gasteiger partial charge < -0.3 is 14.7 Å². The Morgan fingerprint density at radius 1 is 1.17 bits per heavy atom. The second-order valence-corrected chi connectivity index (χ2v) is 9.77. The molecule has 6 heteroatoms. The molecule has 1 aromatic heterocycles. The molecule has 0 radical (unpaired) electrons. The molecule has 3 rings (SSSR count). The first kappa shape index (κ1) is 22.8. The van der Waals surface area contributed by atoms with Crippen molar-refractivity contribution in [1.82, 2.24) is 4.98 Å². The van der Waals surface area contributed by atoms with Crippen LogP contribution in [0.4, 0.5) is 5.69 Å². The van der Waals surface area contributed by atoms with E-state index in [1.165, 1.54) is 5.56 Å². The van der Waals surface area contributed by atoms with Crippen molar-refractivity contribution in [1.29, 1.82) is 0 Å². The van der Waals surface area contributed by atoms with Gasteiger partial charge in [0.15, 0.2) is 6.10 Å². The Morgan fingerprint density at radius 2 is 1.77 bits per heavy atom. The molecule has 2 aromatic rings. The first-order chi connectivity index (χ1) is 14.1. The highest BCUT2D eigenvalue weighted by molar-refractivity contribution is 9.10. The molecular weight excluding hydrogens is 444 g/mol. The maximum atomic E-state index is 12.2. The number of rotatable bonds is 5. The first-order valence-corrected chi connectivity index (χ1v) is 11.2. The molecule has 1 atom stereocenters. The van der Waals surface area contributed by atoms with E-state index in [-0.39, 0.29) is 0 Å². The van der Waals surface area contributed by atoms with Gasteiger partial charge in [0.05, 0.1) is 21.5 Å². The summed E-state index contributed by atoms with van der Waals surface area (Å²) in [6.45, 7) is 11.2. The van der Waals surface area contributed by atoms with Crippen LogP contribution in [-0.2, 0) is 9.53 Å². The summed E-state index contributed by atoms with van der Waals surface area (Å²) in [6.07, 6.45) is 0.971. The standard InChI is InChI=1S/C24H31BrN2O3/c1-15-19(22(23(28)29)30-24(3,4)5)21(20(25)16(2)26-15)27-13-11-18(12-14-27)17-9-7-6-8-10-17/h6-10,18,22H,11-14H2,1-5H3,(H,28,29). The second kappa shape index (κ2) is 9.06. The Kier molecular flexibility index (Phi) is 6.88. The van der Waals surface area contributed by atoms with Gasteiger partial charge in [-0.3, -0.25) is 4.98 Å². The van der Waals surface area contributed by atoms with Crippen LogP contribution in [0.5, 0.6) is 0 Å². The SMILES string of the molecule is Cc1nc(C)c(C(OC(C)(C)C)C(=O)O)c(N2CCC(c3ccccc3)CC2)c1Br. The van der Waals surface area contributed by atoms with Crippen LogP contribution in [0.3, 0.4) is 0 Å². The van der Waals surface area contributed by atoms with E-state index in [0.717, 1.165) is 41.8 Å². The van der Waals surface area contributed by atoms with Crippen molar-refractivity contribution >= 4 is 27.6 Å². The lowest BCUT2D eigenvalue weighted by atomic mass is 9.89. The number of nitrogens with zero attached hydrogens (tertiary/aromatic N) is 2. The summed E-state index contributed by atoms with van der Waals surface area (Å²) >= 11 is 3.71. The van der Waals surface area contributed by atoms with Crippen LogP contribution in [-0.4, -0.2) is 34.8 Å². The number of carboxylic acid groups (broad SMARTS) is 1. The van der Waals surface area contributed by atoms with Crippen LogP contribution in [0.25, 0.3) is 0 Å². The maximum absolute atomic E-state index is 12.2. The highest BCUT2D eigenvalue weighted by Crippen LogP contribution is 2.42. The number of ether oxygens (including phenoxy) is 1. The van der Waals surface area contributed by atoms with Crippen molar-refractivity contribution in [3.8, 4) is 0 Å². The highest BCUT2D eigenvalue weighted by Gasteiger charge is 2.35. The van der Waals surface area contributed by atoms with E-state index in [9.17, 15) is 9.90 Å². The number of hydrogen-bond donors (Lipinski definition) is 1. The van der Waals surface area contributed by atoms with E-state index >= 15 is 0 Å². The molecule has 0 aliphatic carbocycles. The van der Waals surface area contributed by atoms with Gasteiger partial charge in [0, 0.05) is 24.3 Å². The van der Waals surface area contributed by atoms with Gasteiger partial charge in [-0.15, -0.1) is 0 Å². The lowest BCUT2D eigenvalue weighted by Crippen LogP contribution is -2.36. The lowest BCUT2D eigenvalue weighted by molar-refractivity contribution is -0.160. The Balaban J connectivity index is 1.97. The fraction of sp³-hybridized carbons (Fsp3) is 0.500. The van der Waals surface area contributed by atoms with Gasteiger partial charge in [-0.2, -0.15) is 0 Å². The lowest BCUT2D eigenvalue weighted by Gasteiger charge is -2.37. The van der Waals surface area contributed by atoms with Gasteiger partial charge in [-0.25, -0.2) is 4.79 Å². The van der Waals surface area contributed by atoms with E-state index in [4.69, 9.17) is 4.74 Å². The zero-order valence-corrected chi connectivity index (χ0v) is 20.0. The average Bonchev–Trinajstić information content (AvgIpc) is 2.69. The quantitative estimate of drug-likeness (QED) is 0.594. The molecule has 0 bridgehead atoms. The van der Waals surface area contributed by atoms with Gasteiger partial charge >= 0.3 is 5.97 Å². The predicted octanol–water partition coefficient (Wildman–Crippen LogP) is 5.79. The third kappa shape index (κ3) is 5.03. The third-order valence-electron chi connectivity index (χ3n) is 5.55. The van der Waals surface area contributed by atoms with Crippen LogP contribution in [0.1, 0.15) is 68.1 Å². The minimum absolute atomic E-state index is 0.523. The molecule has 1 saturated heterocycles. The summed E-state index contributed by atoms with van der Waals surface area (Å²) in [6, 6.07) is 10.6. The summed E-state index contributed by atoms with van der Waals surface area (Å²) < 4.78 is 6.85. The smallest absolute Gasteiger partial charge is 0.337 e. The molecule has 2 heterocycles. The number of hydrogen-bond acceptors (Lipinski definition) is 4. The largest absolute Gasteiger partial charge is 0.479 e. The molecule has 0 amide bonds. The summed E-state index contributed by atoms with van der Waals surface area (Å²) in [4.78, 5) is 19.1. The average molecular weight is 475 g/mol. The summed E-state index contributed by atoms with van der Waals surface area (Å²) in [5, 5.41) is 10.0. The van der Waals surface area contributed by atoms with Crippen LogP contribution >= 0.6 is 15.9 Å².